The summed E-state index contributed by atoms with van der Waals surface area (Å²) < 4.78 is 0. The van der Waals surface area contributed by atoms with Crippen LogP contribution < -0.4 is 0 Å². The van der Waals surface area contributed by atoms with E-state index in [9.17, 15) is 0 Å². The summed E-state index contributed by atoms with van der Waals surface area (Å²) in [5.74, 6) is 1.76. The molecule has 0 radical (unpaired) electrons. The van der Waals surface area contributed by atoms with Gasteiger partial charge in [0.25, 0.3) is 0 Å². The van der Waals surface area contributed by atoms with Crippen molar-refractivity contribution >= 4 is 5.71 Å². The number of nitrogens with zero attached hydrogens (tertiary/aromatic N) is 1. The van der Waals surface area contributed by atoms with Gasteiger partial charge in [0.1, 0.15) is 0 Å². The first-order chi connectivity index (χ1) is 10.9. The molecule has 1 rings (SSSR count). The number of rotatable bonds is 10. The molecule has 0 aromatic carbocycles. The molecule has 1 heteroatoms. The van der Waals surface area contributed by atoms with Gasteiger partial charge in [-0.1, -0.05) is 51.7 Å². The van der Waals surface area contributed by atoms with Crippen LogP contribution in [0.1, 0.15) is 99.3 Å². The Morgan fingerprint density at radius 3 is 2.57 bits per heavy atom. The fraction of sp³-hybridized carbons (Fsp3) is 0.864. The Bertz CT molecular complexity index is 389. The first-order valence-corrected chi connectivity index (χ1v) is 10.0. The highest BCUT2D eigenvalue weighted by molar-refractivity contribution is 5.78. The fourth-order valence-corrected chi connectivity index (χ4v) is 4.22. The fourth-order valence-electron chi connectivity index (χ4n) is 4.22. The first-order valence-electron chi connectivity index (χ1n) is 10.0. The van der Waals surface area contributed by atoms with E-state index >= 15 is 0 Å². The molecular weight excluding hydrogens is 278 g/mol. The van der Waals surface area contributed by atoms with Crippen molar-refractivity contribution in [3.05, 3.63) is 11.6 Å². The van der Waals surface area contributed by atoms with E-state index in [1.165, 1.54) is 63.5 Å². The molecule has 134 valence electrons. The number of aliphatic imine (C=N–C) groups is 1. The maximum Gasteiger partial charge on any atom is 0.0388 e. The second-order valence-corrected chi connectivity index (χ2v) is 8.52. The summed E-state index contributed by atoms with van der Waals surface area (Å²) in [6, 6.07) is 0. The molecule has 0 heterocycles. The molecule has 1 nitrogen and oxygen atoms in total. The van der Waals surface area contributed by atoms with E-state index in [4.69, 9.17) is 0 Å². The molecule has 23 heavy (non-hydrogen) atoms. The third kappa shape index (κ3) is 7.68. The maximum atomic E-state index is 4.56. The van der Waals surface area contributed by atoms with Crippen LogP contribution in [0.4, 0.5) is 0 Å². The van der Waals surface area contributed by atoms with Crippen molar-refractivity contribution in [3.8, 4) is 0 Å². The smallest absolute Gasteiger partial charge is 0.0388 e. The minimum absolute atomic E-state index is 0.541. The molecule has 0 fully saturated rings. The van der Waals surface area contributed by atoms with E-state index in [0.29, 0.717) is 5.41 Å². The highest BCUT2D eigenvalue weighted by Crippen LogP contribution is 2.44. The second-order valence-electron chi connectivity index (χ2n) is 8.52. The zero-order valence-electron chi connectivity index (χ0n) is 16.8. The lowest BCUT2D eigenvalue weighted by molar-refractivity contribution is 0.154. The van der Waals surface area contributed by atoms with Gasteiger partial charge in [0, 0.05) is 12.3 Å². The Morgan fingerprint density at radius 2 is 1.96 bits per heavy atom. The lowest BCUT2D eigenvalue weighted by Crippen LogP contribution is -2.28. The van der Waals surface area contributed by atoms with Crippen molar-refractivity contribution in [3.63, 3.8) is 0 Å². The van der Waals surface area contributed by atoms with E-state index in [0.717, 1.165) is 18.4 Å². The van der Waals surface area contributed by atoms with Gasteiger partial charge in [-0.25, -0.2) is 0 Å². The van der Waals surface area contributed by atoms with E-state index < -0.39 is 0 Å². The Morgan fingerprint density at radius 1 is 1.22 bits per heavy atom. The molecule has 1 aliphatic rings. The molecule has 3 unspecified atom stereocenters. The van der Waals surface area contributed by atoms with Gasteiger partial charge in [0.2, 0.25) is 0 Å². The summed E-state index contributed by atoms with van der Waals surface area (Å²) in [4.78, 5) is 4.56. The largest absolute Gasteiger partial charge is 0.295 e. The van der Waals surface area contributed by atoms with Gasteiger partial charge in [0.05, 0.1) is 0 Å². The summed E-state index contributed by atoms with van der Waals surface area (Å²) in [6.45, 7) is 14.9. The van der Waals surface area contributed by atoms with Crippen LogP contribution in [0.5, 0.6) is 0 Å². The van der Waals surface area contributed by atoms with Gasteiger partial charge in [-0.2, -0.15) is 0 Å². The van der Waals surface area contributed by atoms with Gasteiger partial charge in [-0.3, -0.25) is 4.99 Å². The summed E-state index contributed by atoms with van der Waals surface area (Å²) in [6.07, 6.45) is 14.6. The molecule has 0 N–H and O–H groups in total. The predicted octanol–water partition coefficient (Wildman–Crippen LogP) is 7.22. The lowest BCUT2D eigenvalue weighted by Gasteiger charge is -2.39. The quantitative estimate of drug-likeness (QED) is 0.229. The molecule has 0 aliphatic heterocycles. The molecular formula is C22H41N. The van der Waals surface area contributed by atoms with Crippen LogP contribution in [-0.4, -0.2) is 12.3 Å². The normalized spacial score (nSPS) is 24.0. The monoisotopic (exact) mass is 319 g/mol. The minimum Gasteiger partial charge on any atom is -0.295 e. The van der Waals surface area contributed by atoms with Gasteiger partial charge < -0.3 is 0 Å². The van der Waals surface area contributed by atoms with E-state index in [1.807, 2.05) is 0 Å². The SMILES string of the molecule is CCCC(CCCN=C(C)C)CCC(C)C1(C)CCC=C(C)C1. The Labute approximate surface area is 146 Å². The summed E-state index contributed by atoms with van der Waals surface area (Å²) >= 11 is 0. The Kier molecular flexibility index (Phi) is 9.17. The molecule has 3 atom stereocenters. The number of allylic oxidation sites excluding steroid dienone is 2. The van der Waals surface area contributed by atoms with Crippen molar-refractivity contribution in [2.75, 3.05) is 6.54 Å². The average Bonchev–Trinajstić information content (AvgIpc) is 2.48. The van der Waals surface area contributed by atoms with Crippen LogP contribution in [0.25, 0.3) is 0 Å². The van der Waals surface area contributed by atoms with Crippen LogP contribution in [0.3, 0.4) is 0 Å². The molecule has 0 aromatic heterocycles. The highest BCUT2D eigenvalue weighted by atomic mass is 14.7. The maximum absolute atomic E-state index is 4.56. The summed E-state index contributed by atoms with van der Waals surface area (Å²) in [7, 11) is 0. The van der Waals surface area contributed by atoms with Crippen LogP contribution in [0, 0.1) is 17.3 Å². The Hall–Kier alpha value is -0.590. The molecule has 0 aromatic rings. The van der Waals surface area contributed by atoms with Crippen LogP contribution in [0.2, 0.25) is 0 Å². The molecule has 0 bridgehead atoms. The second kappa shape index (κ2) is 10.3. The zero-order chi connectivity index (χ0) is 17.3. The van der Waals surface area contributed by atoms with Crippen molar-refractivity contribution < 1.29 is 0 Å². The number of hydrogen-bond donors (Lipinski definition) is 0. The van der Waals surface area contributed by atoms with Crippen molar-refractivity contribution in [1.29, 1.82) is 0 Å². The third-order valence-electron chi connectivity index (χ3n) is 5.98. The summed E-state index contributed by atoms with van der Waals surface area (Å²) in [5.41, 5.74) is 3.38. The predicted molar refractivity (Wildman–Crippen MR) is 105 cm³/mol. The molecule has 0 saturated heterocycles. The van der Waals surface area contributed by atoms with Crippen LogP contribution in [-0.2, 0) is 0 Å². The third-order valence-corrected chi connectivity index (χ3v) is 5.98. The minimum atomic E-state index is 0.541. The van der Waals surface area contributed by atoms with Gasteiger partial charge >= 0.3 is 0 Å². The standard InChI is InChI=1S/C22H41N/c1-7-10-21(12-9-16-23-18(2)3)14-13-20(5)22(6)15-8-11-19(4)17-22/h11,20-21H,7-10,12-17H2,1-6H3. The van der Waals surface area contributed by atoms with Gasteiger partial charge in [-0.15, -0.1) is 0 Å². The van der Waals surface area contributed by atoms with Crippen molar-refractivity contribution in [1.82, 2.24) is 0 Å². The lowest BCUT2D eigenvalue weighted by atomic mass is 9.66. The molecule has 0 spiro atoms. The summed E-state index contributed by atoms with van der Waals surface area (Å²) in [5, 5.41) is 0. The molecule has 0 saturated carbocycles. The highest BCUT2D eigenvalue weighted by Gasteiger charge is 2.32. The molecule has 0 amide bonds. The van der Waals surface area contributed by atoms with Crippen molar-refractivity contribution in [2.24, 2.45) is 22.2 Å². The topological polar surface area (TPSA) is 12.4 Å². The first kappa shape index (κ1) is 20.5. The van der Waals surface area contributed by atoms with E-state index in [1.54, 1.807) is 5.57 Å². The van der Waals surface area contributed by atoms with Gasteiger partial charge in [0.15, 0.2) is 0 Å². The van der Waals surface area contributed by atoms with E-state index in [-0.39, 0.29) is 0 Å². The van der Waals surface area contributed by atoms with E-state index in [2.05, 4.69) is 52.6 Å². The average molecular weight is 320 g/mol. The zero-order valence-corrected chi connectivity index (χ0v) is 16.8. The Balaban J connectivity index is 2.41. The van der Waals surface area contributed by atoms with Crippen LogP contribution in [0.15, 0.2) is 16.6 Å². The van der Waals surface area contributed by atoms with Crippen molar-refractivity contribution in [2.45, 2.75) is 99.3 Å². The van der Waals surface area contributed by atoms with Crippen LogP contribution >= 0.6 is 0 Å². The van der Waals surface area contributed by atoms with Gasteiger partial charge in [-0.05, 0) is 76.5 Å². The molecule has 1 aliphatic carbocycles. The number of hydrogen-bond acceptors (Lipinski definition) is 1.